The molecule has 1 amide bonds. The van der Waals surface area contributed by atoms with E-state index in [4.69, 9.17) is 4.74 Å². The second-order valence-electron chi connectivity index (χ2n) is 18.6. The van der Waals surface area contributed by atoms with E-state index < -0.39 is 12.1 Å². The van der Waals surface area contributed by atoms with E-state index in [1.54, 1.807) is 6.08 Å². The third kappa shape index (κ3) is 46.1. The molecular weight excluding hydrogens is 743 g/mol. The van der Waals surface area contributed by atoms with Crippen LogP contribution in [0.1, 0.15) is 296 Å². The van der Waals surface area contributed by atoms with Gasteiger partial charge < -0.3 is 20.3 Å². The first-order valence-electron chi connectivity index (χ1n) is 27.0. The van der Waals surface area contributed by atoms with Crippen LogP contribution in [0.4, 0.5) is 0 Å². The predicted molar refractivity (Wildman–Crippen MR) is 260 cm³/mol. The molecule has 0 saturated carbocycles. The van der Waals surface area contributed by atoms with E-state index >= 15 is 0 Å². The van der Waals surface area contributed by atoms with Crippen molar-refractivity contribution in [3.63, 3.8) is 0 Å². The number of hydrogen-bond acceptors (Lipinski definition) is 5. The van der Waals surface area contributed by atoms with Crippen molar-refractivity contribution in [2.45, 2.75) is 309 Å². The summed E-state index contributed by atoms with van der Waals surface area (Å²) in [5.41, 5.74) is 0. The molecule has 0 aliphatic carbocycles. The molecule has 0 aliphatic heterocycles. The zero-order valence-electron chi connectivity index (χ0n) is 40.5. The molecule has 0 heterocycles. The largest absolute Gasteiger partial charge is 0.466 e. The minimum atomic E-state index is -0.861. The number of rotatable bonds is 50. The fraction of sp³-hybridized carbons (Fsp3) is 0.926. The standard InChI is InChI=1S/C54H105NO5/c1-3-5-7-9-11-13-15-17-19-20-21-22-23-24-25-27-30-34-38-42-46-52(57)51(50-56)55-53(58)47-43-39-35-31-29-33-37-41-45-49-60-54(59)48-44-40-36-32-28-26-18-16-14-12-10-8-6-4-2/h42,46,51-52,56-57H,3-41,43-45,47-50H2,1-2H3,(H,55,58)/b46-42+. The number of aliphatic hydroxyl groups is 2. The fourth-order valence-electron chi connectivity index (χ4n) is 8.40. The summed E-state index contributed by atoms with van der Waals surface area (Å²) in [6.45, 7) is 4.86. The third-order valence-corrected chi connectivity index (χ3v) is 12.6. The van der Waals surface area contributed by atoms with Crippen molar-refractivity contribution in [2.24, 2.45) is 0 Å². The smallest absolute Gasteiger partial charge is 0.305 e. The molecule has 0 fully saturated rings. The normalized spacial score (nSPS) is 12.7. The SMILES string of the molecule is CCCCCCCCCCCCCCCCCCCC/C=C/C(O)C(CO)NC(=O)CCCCCCCCCCCOC(=O)CCCCCCCCCCCCCCCC. The summed E-state index contributed by atoms with van der Waals surface area (Å²) in [5.74, 6) is -0.117. The maximum atomic E-state index is 12.4. The van der Waals surface area contributed by atoms with Gasteiger partial charge in [-0.05, 0) is 32.1 Å². The van der Waals surface area contributed by atoms with Gasteiger partial charge in [0.05, 0.1) is 25.4 Å². The molecule has 6 heteroatoms. The molecule has 60 heavy (non-hydrogen) atoms. The van der Waals surface area contributed by atoms with Gasteiger partial charge in [0.25, 0.3) is 0 Å². The molecule has 2 unspecified atom stereocenters. The molecule has 0 rings (SSSR count). The van der Waals surface area contributed by atoms with Crippen LogP contribution in [0.5, 0.6) is 0 Å². The van der Waals surface area contributed by atoms with Crippen LogP contribution in [0, 0.1) is 0 Å². The van der Waals surface area contributed by atoms with Gasteiger partial charge in [0.15, 0.2) is 0 Å². The topological polar surface area (TPSA) is 95.9 Å². The van der Waals surface area contributed by atoms with Crippen LogP contribution in [0.2, 0.25) is 0 Å². The highest BCUT2D eigenvalue weighted by Crippen LogP contribution is 2.17. The van der Waals surface area contributed by atoms with Crippen LogP contribution in [-0.4, -0.2) is 47.4 Å². The van der Waals surface area contributed by atoms with E-state index in [-0.39, 0.29) is 18.5 Å². The molecule has 2 atom stereocenters. The van der Waals surface area contributed by atoms with Crippen LogP contribution < -0.4 is 5.32 Å². The zero-order chi connectivity index (χ0) is 43.7. The monoisotopic (exact) mass is 848 g/mol. The number of carbonyl (C=O) groups is 2. The number of allylic oxidation sites excluding steroid dienone is 1. The van der Waals surface area contributed by atoms with Crippen LogP contribution in [0.3, 0.4) is 0 Å². The van der Waals surface area contributed by atoms with Crippen molar-refractivity contribution in [2.75, 3.05) is 13.2 Å². The predicted octanol–water partition coefficient (Wildman–Crippen LogP) is 16.1. The van der Waals surface area contributed by atoms with Gasteiger partial charge in [0.2, 0.25) is 5.91 Å². The Morgan fingerprint density at radius 3 is 1.13 bits per heavy atom. The first kappa shape index (κ1) is 58.6. The van der Waals surface area contributed by atoms with Gasteiger partial charge in [-0.25, -0.2) is 0 Å². The number of nitrogens with one attached hydrogen (secondary N) is 1. The van der Waals surface area contributed by atoms with E-state index in [2.05, 4.69) is 19.2 Å². The van der Waals surface area contributed by atoms with Crippen molar-refractivity contribution in [1.29, 1.82) is 0 Å². The molecule has 0 aromatic heterocycles. The Balaban J connectivity index is 3.51. The highest BCUT2D eigenvalue weighted by Gasteiger charge is 2.18. The van der Waals surface area contributed by atoms with Crippen molar-refractivity contribution in [1.82, 2.24) is 5.32 Å². The molecule has 0 aliphatic rings. The van der Waals surface area contributed by atoms with Gasteiger partial charge in [-0.15, -0.1) is 0 Å². The quantitative estimate of drug-likeness (QED) is 0.0322. The number of unbranched alkanes of at least 4 members (excludes halogenated alkanes) is 39. The van der Waals surface area contributed by atoms with Gasteiger partial charge in [-0.2, -0.15) is 0 Å². The van der Waals surface area contributed by atoms with Gasteiger partial charge >= 0.3 is 5.97 Å². The first-order valence-corrected chi connectivity index (χ1v) is 27.0. The summed E-state index contributed by atoms with van der Waals surface area (Å²) >= 11 is 0. The molecule has 0 spiro atoms. The first-order chi connectivity index (χ1) is 29.5. The Bertz CT molecular complexity index is 893. The Morgan fingerprint density at radius 1 is 0.450 bits per heavy atom. The number of amides is 1. The van der Waals surface area contributed by atoms with Crippen LogP contribution in [0.25, 0.3) is 0 Å². The fourth-order valence-corrected chi connectivity index (χ4v) is 8.40. The molecule has 356 valence electrons. The Kier molecular flexibility index (Phi) is 49.1. The van der Waals surface area contributed by atoms with Crippen molar-refractivity contribution in [3.8, 4) is 0 Å². The van der Waals surface area contributed by atoms with Crippen molar-refractivity contribution in [3.05, 3.63) is 12.2 Å². The molecule has 3 N–H and O–H groups in total. The molecule has 0 bridgehead atoms. The lowest BCUT2D eigenvalue weighted by molar-refractivity contribution is -0.143. The molecule has 0 saturated heterocycles. The lowest BCUT2D eigenvalue weighted by atomic mass is 10.0. The maximum Gasteiger partial charge on any atom is 0.305 e. The van der Waals surface area contributed by atoms with Crippen molar-refractivity contribution < 1.29 is 24.5 Å². The van der Waals surface area contributed by atoms with E-state index in [0.29, 0.717) is 19.4 Å². The minimum Gasteiger partial charge on any atom is -0.466 e. The lowest BCUT2D eigenvalue weighted by Gasteiger charge is -2.20. The van der Waals surface area contributed by atoms with Crippen LogP contribution in [0.15, 0.2) is 12.2 Å². The summed E-state index contributed by atoms with van der Waals surface area (Å²) in [5, 5.41) is 23.1. The molecule has 0 aromatic rings. The number of ether oxygens (including phenoxy) is 1. The second kappa shape index (κ2) is 50.2. The summed E-state index contributed by atoms with van der Waals surface area (Å²) in [4.78, 5) is 24.5. The second-order valence-corrected chi connectivity index (χ2v) is 18.6. The van der Waals surface area contributed by atoms with Crippen molar-refractivity contribution >= 4 is 11.9 Å². The lowest BCUT2D eigenvalue weighted by Crippen LogP contribution is -2.45. The zero-order valence-corrected chi connectivity index (χ0v) is 40.5. The van der Waals surface area contributed by atoms with Gasteiger partial charge in [-0.1, -0.05) is 264 Å². The van der Waals surface area contributed by atoms with Gasteiger partial charge in [-0.3, -0.25) is 9.59 Å². The molecular formula is C54H105NO5. The third-order valence-electron chi connectivity index (χ3n) is 12.6. The van der Waals surface area contributed by atoms with E-state index in [1.165, 1.54) is 212 Å². The van der Waals surface area contributed by atoms with Crippen LogP contribution >= 0.6 is 0 Å². The summed E-state index contributed by atoms with van der Waals surface area (Å²) < 4.78 is 5.45. The summed E-state index contributed by atoms with van der Waals surface area (Å²) in [6.07, 6.45) is 57.9. The van der Waals surface area contributed by atoms with E-state index in [1.807, 2.05) is 6.08 Å². The Morgan fingerprint density at radius 2 is 0.767 bits per heavy atom. The Labute approximate surface area is 374 Å². The van der Waals surface area contributed by atoms with E-state index in [0.717, 1.165) is 57.8 Å². The number of hydrogen-bond donors (Lipinski definition) is 3. The average molecular weight is 848 g/mol. The van der Waals surface area contributed by atoms with Gasteiger partial charge in [0.1, 0.15) is 0 Å². The number of carbonyl (C=O) groups excluding carboxylic acids is 2. The number of esters is 1. The number of aliphatic hydroxyl groups excluding tert-OH is 2. The maximum absolute atomic E-state index is 12.4. The Hall–Kier alpha value is -1.40. The van der Waals surface area contributed by atoms with E-state index in [9.17, 15) is 19.8 Å². The summed E-state index contributed by atoms with van der Waals surface area (Å²) in [6, 6.07) is -0.647. The summed E-state index contributed by atoms with van der Waals surface area (Å²) in [7, 11) is 0. The molecule has 0 aromatic carbocycles. The molecule has 0 radical (unpaired) electrons. The van der Waals surface area contributed by atoms with Crippen LogP contribution in [-0.2, 0) is 14.3 Å². The highest BCUT2D eigenvalue weighted by molar-refractivity contribution is 5.76. The minimum absolute atomic E-state index is 0.0244. The highest BCUT2D eigenvalue weighted by atomic mass is 16.5. The average Bonchev–Trinajstić information content (AvgIpc) is 3.25. The molecule has 6 nitrogen and oxygen atoms in total. The van der Waals surface area contributed by atoms with Gasteiger partial charge in [0, 0.05) is 12.8 Å².